The topological polar surface area (TPSA) is 86.3 Å². The Labute approximate surface area is 150 Å². The number of amides is 1. The van der Waals surface area contributed by atoms with Crippen LogP contribution in [0, 0.1) is 13.8 Å². The van der Waals surface area contributed by atoms with Crippen LogP contribution in [0.25, 0.3) is 0 Å². The fourth-order valence-electron chi connectivity index (χ4n) is 3.08. The van der Waals surface area contributed by atoms with Gasteiger partial charge in [0.2, 0.25) is 0 Å². The van der Waals surface area contributed by atoms with E-state index in [0.29, 0.717) is 31.5 Å². The van der Waals surface area contributed by atoms with E-state index < -0.39 is 0 Å². The molecule has 8 nitrogen and oxygen atoms in total. The van der Waals surface area contributed by atoms with E-state index in [9.17, 15) is 4.79 Å². The third-order valence-corrected chi connectivity index (χ3v) is 4.44. The lowest BCUT2D eigenvalue weighted by Crippen LogP contribution is -2.42. The van der Waals surface area contributed by atoms with E-state index in [1.54, 1.807) is 29.7 Å². The first-order chi connectivity index (χ1) is 12.6. The van der Waals surface area contributed by atoms with Crippen LogP contribution in [0.4, 0.5) is 0 Å². The van der Waals surface area contributed by atoms with E-state index in [-0.39, 0.29) is 11.9 Å². The number of carbonyl (C=O) groups excluding carboxylic acids is 1. The summed E-state index contributed by atoms with van der Waals surface area (Å²) in [5, 5.41) is 0. The van der Waals surface area contributed by atoms with Crippen LogP contribution in [0.15, 0.2) is 41.5 Å². The quantitative estimate of drug-likeness (QED) is 0.714. The highest BCUT2D eigenvalue weighted by Gasteiger charge is 2.31. The summed E-state index contributed by atoms with van der Waals surface area (Å²) in [6.45, 7) is 5.06. The number of aryl methyl sites for hydroxylation is 2. The Morgan fingerprint density at radius 1 is 1.38 bits per heavy atom. The molecule has 4 heterocycles. The standard InChI is InChI=1S/C18H19N5O3/c1-12-4-6-25-16(12)17(24)22-8-14-7-19-11-23(14)15(9-22)10-26-18-20-5-3-13(2)21-18/h3-7,11,15H,8-10H2,1-2H3. The van der Waals surface area contributed by atoms with Gasteiger partial charge in [-0.1, -0.05) is 0 Å². The average molecular weight is 353 g/mol. The van der Waals surface area contributed by atoms with Crippen molar-refractivity contribution in [2.24, 2.45) is 0 Å². The minimum atomic E-state index is -0.128. The van der Waals surface area contributed by atoms with Gasteiger partial charge in [0.25, 0.3) is 5.91 Å². The second-order valence-electron chi connectivity index (χ2n) is 6.36. The third-order valence-electron chi connectivity index (χ3n) is 4.44. The van der Waals surface area contributed by atoms with Crippen molar-refractivity contribution in [3.63, 3.8) is 0 Å². The Bertz CT molecular complexity index is 932. The molecule has 0 fully saturated rings. The van der Waals surface area contributed by atoms with Crippen LogP contribution in [0.3, 0.4) is 0 Å². The zero-order valence-corrected chi connectivity index (χ0v) is 14.6. The van der Waals surface area contributed by atoms with Gasteiger partial charge >= 0.3 is 6.01 Å². The van der Waals surface area contributed by atoms with Crippen LogP contribution >= 0.6 is 0 Å². The molecule has 3 aromatic heterocycles. The molecule has 1 amide bonds. The molecule has 3 aromatic rings. The number of furan rings is 1. The number of rotatable bonds is 4. The predicted molar refractivity (Wildman–Crippen MR) is 91.7 cm³/mol. The zero-order valence-electron chi connectivity index (χ0n) is 14.6. The van der Waals surface area contributed by atoms with Gasteiger partial charge in [0.05, 0.1) is 30.9 Å². The van der Waals surface area contributed by atoms with Gasteiger partial charge in [-0.2, -0.15) is 0 Å². The van der Waals surface area contributed by atoms with Crippen LogP contribution < -0.4 is 4.74 Å². The van der Waals surface area contributed by atoms with E-state index >= 15 is 0 Å². The molecule has 1 aliphatic rings. The van der Waals surface area contributed by atoms with E-state index in [0.717, 1.165) is 17.0 Å². The molecule has 4 rings (SSSR count). The lowest BCUT2D eigenvalue weighted by atomic mass is 10.1. The molecule has 0 saturated heterocycles. The summed E-state index contributed by atoms with van der Waals surface area (Å²) in [6.07, 6.45) is 6.73. The molecule has 26 heavy (non-hydrogen) atoms. The minimum Gasteiger partial charge on any atom is -0.461 e. The number of ether oxygens (including phenoxy) is 1. The number of fused-ring (bicyclic) bond motifs is 1. The molecule has 0 aromatic carbocycles. The summed E-state index contributed by atoms with van der Waals surface area (Å²) in [5.41, 5.74) is 2.62. The molecule has 8 heteroatoms. The van der Waals surface area contributed by atoms with E-state index in [1.807, 2.05) is 24.5 Å². The van der Waals surface area contributed by atoms with Gasteiger partial charge in [-0.15, -0.1) is 0 Å². The molecule has 0 radical (unpaired) electrons. The van der Waals surface area contributed by atoms with Gasteiger partial charge in [-0.05, 0) is 26.0 Å². The summed E-state index contributed by atoms with van der Waals surface area (Å²) < 4.78 is 13.2. The number of carbonyl (C=O) groups is 1. The van der Waals surface area contributed by atoms with Crippen molar-refractivity contribution in [1.29, 1.82) is 0 Å². The Morgan fingerprint density at radius 3 is 3.04 bits per heavy atom. The number of aromatic nitrogens is 4. The van der Waals surface area contributed by atoms with Crippen molar-refractivity contribution >= 4 is 5.91 Å². The maximum atomic E-state index is 12.8. The monoisotopic (exact) mass is 353 g/mol. The predicted octanol–water partition coefficient (Wildman–Crippen LogP) is 2.16. The molecule has 1 aliphatic heterocycles. The molecule has 134 valence electrons. The summed E-state index contributed by atoms with van der Waals surface area (Å²) in [4.78, 5) is 27.2. The molecule has 0 bridgehead atoms. The normalized spacial score (nSPS) is 16.4. The number of hydrogen-bond donors (Lipinski definition) is 0. The number of imidazole rings is 1. The van der Waals surface area contributed by atoms with Crippen molar-refractivity contribution in [2.45, 2.75) is 26.4 Å². The summed E-state index contributed by atoms with van der Waals surface area (Å²) in [6, 6.07) is 3.85. The number of hydrogen-bond acceptors (Lipinski definition) is 6. The lowest BCUT2D eigenvalue weighted by molar-refractivity contribution is 0.0611. The van der Waals surface area contributed by atoms with Crippen molar-refractivity contribution in [3.8, 4) is 6.01 Å². The molecule has 0 spiro atoms. The highest BCUT2D eigenvalue weighted by Crippen LogP contribution is 2.24. The van der Waals surface area contributed by atoms with Crippen molar-refractivity contribution < 1.29 is 13.9 Å². The second kappa shape index (κ2) is 6.62. The van der Waals surface area contributed by atoms with Crippen LogP contribution in [0.2, 0.25) is 0 Å². The Morgan fingerprint density at radius 2 is 2.27 bits per heavy atom. The third kappa shape index (κ3) is 3.05. The molecule has 0 N–H and O–H groups in total. The highest BCUT2D eigenvalue weighted by molar-refractivity contribution is 5.92. The van der Waals surface area contributed by atoms with E-state index in [4.69, 9.17) is 9.15 Å². The summed E-state index contributed by atoms with van der Waals surface area (Å²) in [7, 11) is 0. The number of nitrogens with zero attached hydrogens (tertiary/aromatic N) is 5. The fraction of sp³-hybridized carbons (Fsp3) is 0.333. The van der Waals surface area contributed by atoms with Crippen LogP contribution in [0.5, 0.6) is 6.01 Å². The Balaban J connectivity index is 1.53. The van der Waals surface area contributed by atoms with Gasteiger partial charge in [0, 0.05) is 30.2 Å². The lowest BCUT2D eigenvalue weighted by Gasteiger charge is -2.33. The highest BCUT2D eigenvalue weighted by atomic mass is 16.5. The van der Waals surface area contributed by atoms with E-state index in [2.05, 4.69) is 15.0 Å². The maximum Gasteiger partial charge on any atom is 0.316 e. The summed E-state index contributed by atoms with van der Waals surface area (Å²) in [5.74, 6) is 0.247. The molecule has 0 aliphatic carbocycles. The maximum absolute atomic E-state index is 12.8. The fourth-order valence-corrected chi connectivity index (χ4v) is 3.08. The van der Waals surface area contributed by atoms with Crippen LogP contribution in [-0.2, 0) is 6.54 Å². The first-order valence-corrected chi connectivity index (χ1v) is 8.38. The molecular weight excluding hydrogens is 334 g/mol. The average Bonchev–Trinajstić information content (AvgIpc) is 3.27. The first-order valence-electron chi connectivity index (χ1n) is 8.38. The van der Waals surface area contributed by atoms with Crippen LogP contribution in [-0.4, -0.2) is 43.5 Å². The largest absolute Gasteiger partial charge is 0.461 e. The molecular formula is C18H19N5O3. The Kier molecular flexibility index (Phi) is 4.16. The minimum absolute atomic E-state index is 0.0791. The molecule has 1 unspecified atom stereocenters. The van der Waals surface area contributed by atoms with Gasteiger partial charge in [0.1, 0.15) is 6.61 Å². The van der Waals surface area contributed by atoms with Gasteiger partial charge < -0.3 is 18.6 Å². The smallest absolute Gasteiger partial charge is 0.316 e. The van der Waals surface area contributed by atoms with Crippen molar-refractivity contribution in [2.75, 3.05) is 13.2 Å². The van der Waals surface area contributed by atoms with Gasteiger partial charge in [-0.3, -0.25) is 4.79 Å². The van der Waals surface area contributed by atoms with E-state index in [1.165, 1.54) is 6.26 Å². The van der Waals surface area contributed by atoms with Gasteiger partial charge in [0.15, 0.2) is 5.76 Å². The van der Waals surface area contributed by atoms with Crippen molar-refractivity contribution in [1.82, 2.24) is 24.4 Å². The van der Waals surface area contributed by atoms with Crippen molar-refractivity contribution in [3.05, 3.63) is 59.8 Å². The molecule has 1 atom stereocenters. The SMILES string of the molecule is Cc1ccnc(OCC2CN(C(=O)c3occc3C)Cc3cncn32)n1. The zero-order chi connectivity index (χ0) is 18.1. The Hall–Kier alpha value is -3.16. The first kappa shape index (κ1) is 16.3. The van der Waals surface area contributed by atoms with Gasteiger partial charge in [-0.25, -0.2) is 15.0 Å². The summed E-state index contributed by atoms with van der Waals surface area (Å²) >= 11 is 0. The molecule has 0 saturated carbocycles. The van der Waals surface area contributed by atoms with Crippen LogP contribution in [0.1, 0.15) is 33.5 Å². The second-order valence-corrected chi connectivity index (χ2v) is 6.36.